The maximum atomic E-state index is 8.77. The summed E-state index contributed by atoms with van der Waals surface area (Å²) < 4.78 is 0. The van der Waals surface area contributed by atoms with Crippen molar-refractivity contribution in [2.45, 2.75) is 9.79 Å². The molecule has 50 valence electrons. The molecule has 0 N–H and O–H groups in total. The summed E-state index contributed by atoms with van der Waals surface area (Å²) in [6, 6.07) is 8.09. The van der Waals surface area contributed by atoms with Gasteiger partial charge in [0, 0.05) is 9.79 Å². The van der Waals surface area contributed by atoms with Crippen molar-refractivity contribution >= 4 is 10.0 Å². The molecule has 0 radical (unpaired) electrons. The smallest absolute Gasteiger partial charge is 0.122 e. The first-order valence-corrected chi connectivity index (χ1v) is 5.11. The van der Waals surface area contributed by atoms with Crippen LogP contribution in [0.15, 0.2) is 34.1 Å². The molecule has 0 spiro atoms. The molecule has 0 atom stereocenters. The molecule has 1 heterocycles. The van der Waals surface area contributed by atoms with E-state index in [0.29, 0.717) is 0 Å². The van der Waals surface area contributed by atoms with Gasteiger partial charge >= 0.3 is 0 Å². The molecule has 1 nitrogen and oxygen atoms in total. The van der Waals surface area contributed by atoms with Crippen molar-refractivity contribution in [2.24, 2.45) is 0 Å². The van der Waals surface area contributed by atoms with E-state index in [0.717, 1.165) is 0 Å². The van der Waals surface area contributed by atoms with E-state index in [1.54, 1.807) is 0 Å². The number of fused-ring (bicyclic) bond motifs is 1. The fraction of sp³-hybridized carbons (Fsp3) is 0.125. The highest BCUT2D eigenvalue weighted by Crippen LogP contribution is 2.75. The summed E-state index contributed by atoms with van der Waals surface area (Å²) in [5.41, 5.74) is 0. The molecule has 0 bridgehead atoms. The summed E-state index contributed by atoms with van der Waals surface area (Å²) in [6.07, 6.45) is 2.04. The van der Waals surface area contributed by atoms with Gasteiger partial charge in [0.25, 0.3) is 0 Å². The maximum absolute atomic E-state index is 8.77. The van der Waals surface area contributed by atoms with Gasteiger partial charge in [-0.3, -0.25) is 0 Å². The fourth-order valence-corrected chi connectivity index (χ4v) is 3.23. The molecule has 1 aromatic rings. The van der Waals surface area contributed by atoms with Crippen LogP contribution in [0.25, 0.3) is 0 Å². The number of hydrogen-bond donors (Lipinski definition) is 0. The molecule has 0 fully saturated rings. The number of thiocyanates is 1. The first kappa shape index (κ1) is 5.82. The van der Waals surface area contributed by atoms with E-state index in [4.69, 9.17) is 5.26 Å². The van der Waals surface area contributed by atoms with Crippen molar-refractivity contribution in [1.82, 2.24) is 0 Å². The normalized spacial score (nSPS) is 20.4. The van der Waals surface area contributed by atoms with Crippen LogP contribution in [-0.2, 0) is 0 Å². The molecule has 0 unspecified atom stereocenters. The van der Waals surface area contributed by atoms with Crippen LogP contribution in [0, 0.1) is 10.7 Å². The van der Waals surface area contributed by atoms with E-state index in [1.165, 1.54) is 9.79 Å². The van der Waals surface area contributed by atoms with Gasteiger partial charge in [-0.05, 0) is 18.4 Å². The lowest BCUT2D eigenvalue weighted by molar-refractivity contribution is 1.38. The predicted molar refractivity (Wildman–Crippen MR) is 42.1 cm³/mol. The lowest BCUT2D eigenvalue weighted by Gasteiger charge is -1.97. The van der Waals surface area contributed by atoms with Crippen molar-refractivity contribution in [3.05, 3.63) is 24.3 Å². The molecular weight excluding hydrogens is 142 g/mol. The van der Waals surface area contributed by atoms with Crippen molar-refractivity contribution in [3.8, 4) is 5.40 Å². The van der Waals surface area contributed by atoms with Crippen LogP contribution in [-0.4, -0.2) is 6.26 Å². The summed E-state index contributed by atoms with van der Waals surface area (Å²) in [6.45, 7) is 0. The lowest BCUT2D eigenvalue weighted by atomic mass is 10.4. The molecule has 2 heteroatoms. The number of benzene rings is 1. The third-order valence-corrected chi connectivity index (χ3v) is 4.50. The zero-order valence-corrected chi connectivity index (χ0v) is 6.48. The summed E-state index contributed by atoms with van der Waals surface area (Å²) >= 11 is 0. The molecule has 2 rings (SSSR count). The van der Waals surface area contributed by atoms with Gasteiger partial charge in [-0.25, -0.2) is 0 Å². The SMILES string of the molecule is CS1(C#N)c2ccccc21. The molecule has 0 aromatic heterocycles. The molecule has 0 amide bonds. The average Bonchev–Trinajstić information content (AvgIpc) is 2.60. The van der Waals surface area contributed by atoms with E-state index in [9.17, 15) is 0 Å². The van der Waals surface area contributed by atoms with E-state index in [-0.39, 0.29) is 0 Å². The minimum Gasteiger partial charge on any atom is -0.186 e. The van der Waals surface area contributed by atoms with Crippen LogP contribution < -0.4 is 0 Å². The Bertz CT molecular complexity index is 301. The summed E-state index contributed by atoms with van der Waals surface area (Å²) in [5, 5.41) is 11.1. The van der Waals surface area contributed by atoms with Crippen LogP contribution in [0.1, 0.15) is 0 Å². The maximum Gasteiger partial charge on any atom is 0.122 e. The predicted octanol–water partition coefficient (Wildman–Crippen LogP) is 2.33. The Morgan fingerprint density at radius 2 is 1.80 bits per heavy atom. The molecule has 10 heavy (non-hydrogen) atoms. The molecule has 0 saturated heterocycles. The highest BCUT2D eigenvalue weighted by atomic mass is 32.3. The van der Waals surface area contributed by atoms with Crippen LogP contribution in [0.4, 0.5) is 0 Å². The molecule has 1 aliphatic rings. The molecule has 0 aliphatic carbocycles. The second kappa shape index (κ2) is 1.56. The van der Waals surface area contributed by atoms with Crippen molar-refractivity contribution < 1.29 is 0 Å². The highest BCUT2D eigenvalue weighted by molar-refractivity contribution is 8.41. The standard InChI is InChI=1S/C8H7NS/c1-10(6-9)7-4-2-3-5-8(7)10/h2-5H,1H3. The fourth-order valence-electron chi connectivity index (χ4n) is 1.15. The molecular formula is C8H7NS. The summed E-state index contributed by atoms with van der Waals surface area (Å²) in [5.74, 6) is 0. The van der Waals surface area contributed by atoms with Crippen molar-refractivity contribution in [1.29, 1.82) is 5.26 Å². The monoisotopic (exact) mass is 149 g/mol. The van der Waals surface area contributed by atoms with Gasteiger partial charge in [-0.2, -0.15) is 5.26 Å². The first-order chi connectivity index (χ1) is 4.79. The van der Waals surface area contributed by atoms with E-state index in [1.807, 2.05) is 30.5 Å². The highest BCUT2D eigenvalue weighted by Gasteiger charge is 2.40. The Morgan fingerprint density at radius 1 is 1.30 bits per heavy atom. The van der Waals surface area contributed by atoms with Gasteiger partial charge in [0.15, 0.2) is 0 Å². The van der Waals surface area contributed by atoms with Gasteiger partial charge in [-0.15, -0.1) is 0 Å². The largest absolute Gasteiger partial charge is 0.186 e. The number of nitrogens with zero attached hydrogens (tertiary/aromatic N) is 1. The van der Waals surface area contributed by atoms with Crippen LogP contribution in [0.3, 0.4) is 0 Å². The molecule has 1 aromatic carbocycles. The third kappa shape index (κ3) is 0.488. The number of rotatable bonds is 0. The van der Waals surface area contributed by atoms with Crippen LogP contribution in [0.5, 0.6) is 0 Å². The lowest BCUT2D eigenvalue weighted by Crippen LogP contribution is -1.64. The Hall–Kier alpha value is -0.940. The minimum absolute atomic E-state index is 1.07. The molecule has 1 aliphatic heterocycles. The van der Waals surface area contributed by atoms with Crippen LogP contribution >= 0.6 is 10.0 Å². The Kier molecular flexibility index (Phi) is 0.906. The van der Waals surface area contributed by atoms with Gasteiger partial charge in [0.2, 0.25) is 0 Å². The summed E-state index contributed by atoms with van der Waals surface area (Å²) in [4.78, 5) is 2.55. The Labute approximate surface area is 61.6 Å². The Morgan fingerprint density at radius 3 is 2.20 bits per heavy atom. The zero-order valence-electron chi connectivity index (χ0n) is 5.66. The first-order valence-electron chi connectivity index (χ1n) is 3.07. The zero-order chi connectivity index (χ0) is 7.19. The van der Waals surface area contributed by atoms with Crippen molar-refractivity contribution in [3.63, 3.8) is 0 Å². The number of hydrogen-bond acceptors (Lipinski definition) is 1. The van der Waals surface area contributed by atoms with Crippen molar-refractivity contribution in [2.75, 3.05) is 6.26 Å². The third-order valence-electron chi connectivity index (χ3n) is 1.87. The van der Waals surface area contributed by atoms with Gasteiger partial charge in [0.05, 0.1) is 0 Å². The second-order valence-electron chi connectivity index (χ2n) is 2.46. The van der Waals surface area contributed by atoms with E-state index >= 15 is 0 Å². The van der Waals surface area contributed by atoms with E-state index in [2.05, 4.69) is 5.40 Å². The average molecular weight is 149 g/mol. The Balaban J connectivity index is 2.57. The van der Waals surface area contributed by atoms with Crippen LogP contribution in [0.2, 0.25) is 0 Å². The minimum atomic E-state index is -1.07. The van der Waals surface area contributed by atoms with Gasteiger partial charge in [0.1, 0.15) is 5.40 Å². The van der Waals surface area contributed by atoms with Gasteiger partial charge < -0.3 is 0 Å². The quantitative estimate of drug-likeness (QED) is 0.410. The topological polar surface area (TPSA) is 23.8 Å². The molecule has 0 saturated carbocycles. The van der Waals surface area contributed by atoms with E-state index < -0.39 is 10.0 Å². The van der Waals surface area contributed by atoms with Gasteiger partial charge in [-0.1, -0.05) is 22.2 Å². The second-order valence-corrected chi connectivity index (χ2v) is 5.36. The number of nitriles is 1. The summed E-state index contributed by atoms with van der Waals surface area (Å²) in [7, 11) is -1.07.